The fourth-order valence-electron chi connectivity index (χ4n) is 8.05. The van der Waals surface area contributed by atoms with Crippen LogP contribution in [0.1, 0.15) is 111 Å². The van der Waals surface area contributed by atoms with Crippen LogP contribution in [0.5, 0.6) is 0 Å². The van der Waals surface area contributed by atoms with Crippen molar-refractivity contribution in [3.05, 3.63) is 0 Å². The third-order valence-electron chi connectivity index (χ3n) is 9.75. The summed E-state index contributed by atoms with van der Waals surface area (Å²) < 4.78 is 0. The number of aliphatic carboxylic acids is 1. The standard InChI is InChI=1S/C26H46O2/c1-5-20-10-8-6-7-9-18(2)21-15-16-26(4)23(19(3)11-14-25(27)28)12-13-24(26)22(21)17-20/h18-24H,5-17H2,1-4H3,(H,27,28)/t18-,19+,20+,21?,22+,23+,24?,26+/m0/s1. The zero-order valence-corrected chi connectivity index (χ0v) is 19.1. The summed E-state index contributed by atoms with van der Waals surface area (Å²) in [5.41, 5.74) is 0.460. The van der Waals surface area contributed by atoms with Gasteiger partial charge in [0.1, 0.15) is 0 Å². The van der Waals surface area contributed by atoms with Gasteiger partial charge in [-0.3, -0.25) is 4.79 Å². The second kappa shape index (κ2) is 9.52. The van der Waals surface area contributed by atoms with Gasteiger partial charge in [-0.2, -0.15) is 0 Å². The number of rotatable bonds is 5. The minimum absolute atomic E-state index is 0.347. The summed E-state index contributed by atoms with van der Waals surface area (Å²) in [5, 5.41) is 9.15. The third kappa shape index (κ3) is 4.62. The highest BCUT2D eigenvalue weighted by atomic mass is 16.4. The SMILES string of the molecule is CC[C@@H]1CCCCC[C@H](C)C2CC[C@@]3(C)C(CC[C@@H]3[C@H](C)CCC(=O)O)[C@@H]2C1. The Morgan fingerprint density at radius 3 is 2.54 bits per heavy atom. The Balaban J connectivity index is 1.79. The Morgan fingerprint density at radius 2 is 1.82 bits per heavy atom. The van der Waals surface area contributed by atoms with Crippen molar-refractivity contribution in [3.63, 3.8) is 0 Å². The van der Waals surface area contributed by atoms with Gasteiger partial charge in [0.05, 0.1) is 0 Å². The van der Waals surface area contributed by atoms with E-state index in [4.69, 9.17) is 5.11 Å². The van der Waals surface area contributed by atoms with Crippen LogP contribution in [0.4, 0.5) is 0 Å². The molecule has 2 unspecified atom stereocenters. The van der Waals surface area contributed by atoms with Crippen LogP contribution in [-0.2, 0) is 4.79 Å². The molecule has 0 spiro atoms. The molecule has 3 rings (SSSR count). The molecule has 162 valence electrons. The molecule has 28 heavy (non-hydrogen) atoms. The van der Waals surface area contributed by atoms with Crippen LogP contribution in [0, 0.1) is 46.8 Å². The van der Waals surface area contributed by atoms with Gasteiger partial charge >= 0.3 is 5.97 Å². The monoisotopic (exact) mass is 390 g/mol. The predicted octanol–water partition coefficient (Wildman–Crippen LogP) is 7.56. The first-order valence-electron chi connectivity index (χ1n) is 12.6. The van der Waals surface area contributed by atoms with Crippen LogP contribution in [0.3, 0.4) is 0 Å². The number of hydrogen-bond donors (Lipinski definition) is 1. The molecule has 0 heterocycles. The van der Waals surface area contributed by atoms with Crippen molar-refractivity contribution >= 4 is 5.97 Å². The van der Waals surface area contributed by atoms with E-state index < -0.39 is 5.97 Å². The van der Waals surface area contributed by atoms with Gasteiger partial charge in [0.2, 0.25) is 0 Å². The molecule has 3 saturated carbocycles. The van der Waals surface area contributed by atoms with E-state index in [9.17, 15) is 4.79 Å². The van der Waals surface area contributed by atoms with E-state index in [1.807, 2.05) is 0 Å². The fraction of sp³-hybridized carbons (Fsp3) is 0.962. The van der Waals surface area contributed by atoms with Crippen LogP contribution in [0.25, 0.3) is 0 Å². The van der Waals surface area contributed by atoms with E-state index in [1.54, 1.807) is 0 Å². The Bertz CT molecular complexity index is 515. The molecule has 3 aliphatic rings. The van der Waals surface area contributed by atoms with E-state index in [0.29, 0.717) is 17.8 Å². The van der Waals surface area contributed by atoms with Crippen molar-refractivity contribution in [3.8, 4) is 0 Å². The fourth-order valence-corrected chi connectivity index (χ4v) is 8.05. The lowest BCUT2D eigenvalue weighted by Gasteiger charge is -2.52. The predicted molar refractivity (Wildman–Crippen MR) is 117 cm³/mol. The molecule has 2 heteroatoms. The summed E-state index contributed by atoms with van der Waals surface area (Å²) in [6.45, 7) is 9.93. The lowest BCUT2D eigenvalue weighted by atomic mass is 9.53. The Hall–Kier alpha value is -0.530. The minimum Gasteiger partial charge on any atom is -0.481 e. The van der Waals surface area contributed by atoms with Gasteiger partial charge < -0.3 is 5.11 Å². The number of fused-ring (bicyclic) bond motifs is 3. The average molecular weight is 391 g/mol. The number of carboxylic acids is 1. The summed E-state index contributed by atoms with van der Waals surface area (Å²) in [6.07, 6.45) is 16.8. The van der Waals surface area contributed by atoms with Crippen LogP contribution in [0.15, 0.2) is 0 Å². The Kier molecular flexibility index (Phi) is 7.54. The molecular weight excluding hydrogens is 344 g/mol. The zero-order valence-electron chi connectivity index (χ0n) is 19.1. The second-order valence-electron chi connectivity index (χ2n) is 11.2. The van der Waals surface area contributed by atoms with Crippen LogP contribution >= 0.6 is 0 Å². The molecule has 0 radical (unpaired) electrons. The zero-order chi connectivity index (χ0) is 20.3. The molecule has 3 fully saturated rings. The van der Waals surface area contributed by atoms with Gasteiger partial charge in [0.25, 0.3) is 0 Å². The quantitative estimate of drug-likeness (QED) is 0.526. The van der Waals surface area contributed by atoms with Crippen molar-refractivity contribution in [2.45, 2.75) is 111 Å². The molecule has 0 amide bonds. The van der Waals surface area contributed by atoms with E-state index in [0.717, 1.165) is 41.9 Å². The van der Waals surface area contributed by atoms with Crippen molar-refractivity contribution in [1.82, 2.24) is 0 Å². The molecule has 0 aromatic carbocycles. The molecule has 2 nitrogen and oxygen atoms in total. The van der Waals surface area contributed by atoms with E-state index in [2.05, 4.69) is 27.7 Å². The first-order chi connectivity index (χ1) is 13.4. The molecule has 1 N–H and O–H groups in total. The minimum atomic E-state index is -0.623. The van der Waals surface area contributed by atoms with Crippen molar-refractivity contribution in [2.24, 2.45) is 46.8 Å². The maximum Gasteiger partial charge on any atom is 0.303 e. The molecule has 0 aliphatic heterocycles. The summed E-state index contributed by atoms with van der Waals surface area (Å²) >= 11 is 0. The second-order valence-corrected chi connectivity index (χ2v) is 11.2. The summed E-state index contributed by atoms with van der Waals surface area (Å²) in [5.74, 6) is 5.26. The lowest BCUT2D eigenvalue weighted by molar-refractivity contribution is -0.137. The molecule has 0 aromatic heterocycles. The maximum absolute atomic E-state index is 11.1. The average Bonchev–Trinajstić information content (AvgIpc) is 3.02. The molecule has 0 bridgehead atoms. The summed E-state index contributed by atoms with van der Waals surface area (Å²) in [4.78, 5) is 11.1. The van der Waals surface area contributed by atoms with Crippen molar-refractivity contribution < 1.29 is 9.90 Å². The van der Waals surface area contributed by atoms with Gasteiger partial charge in [-0.05, 0) is 85.4 Å². The van der Waals surface area contributed by atoms with Crippen molar-refractivity contribution in [1.29, 1.82) is 0 Å². The van der Waals surface area contributed by atoms with E-state index in [1.165, 1.54) is 70.6 Å². The largest absolute Gasteiger partial charge is 0.481 e. The molecule has 0 saturated heterocycles. The van der Waals surface area contributed by atoms with E-state index >= 15 is 0 Å². The van der Waals surface area contributed by atoms with E-state index in [-0.39, 0.29) is 0 Å². The first-order valence-corrected chi connectivity index (χ1v) is 12.6. The topological polar surface area (TPSA) is 37.3 Å². The molecular formula is C26H46O2. The first kappa shape index (κ1) is 22.2. The number of carboxylic acid groups (broad SMARTS) is 1. The van der Waals surface area contributed by atoms with Gasteiger partial charge in [0, 0.05) is 6.42 Å². The van der Waals surface area contributed by atoms with Gasteiger partial charge in [-0.15, -0.1) is 0 Å². The highest BCUT2D eigenvalue weighted by Gasteiger charge is 2.55. The molecule has 0 aromatic rings. The van der Waals surface area contributed by atoms with Crippen LogP contribution in [-0.4, -0.2) is 11.1 Å². The van der Waals surface area contributed by atoms with Crippen LogP contribution < -0.4 is 0 Å². The summed E-state index contributed by atoms with van der Waals surface area (Å²) in [7, 11) is 0. The number of hydrogen-bond acceptors (Lipinski definition) is 1. The normalized spacial score (nSPS) is 43.0. The Labute approximate surface area is 174 Å². The Morgan fingerprint density at radius 1 is 1.07 bits per heavy atom. The highest BCUT2D eigenvalue weighted by Crippen LogP contribution is 2.63. The van der Waals surface area contributed by atoms with Crippen LogP contribution in [0.2, 0.25) is 0 Å². The van der Waals surface area contributed by atoms with Gasteiger partial charge in [0.15, 0.2) is 0 Å². The number of carbonyl (C=O) groups is 1. The molecule has 8 atom stereocenters. The lowest BCUT2D eigenvalue weighted by Crippen LogP contribution is -2.45. The van der Waals surface area contributed by atoms with Gasteiger partial charge in [-0.1, -0.05) is 66.2 Å². The van der Waals surface area contributed by atoms with Gasteiger partial charge in [-0.25, -0.2) is 0 Å². The van der Waals surface area contributed by atoms with Crippen molar-refractivity contribution in [2.75, 3.05) is 0 Å². The summed E-state index contributed by atoms with van der Waals surface area (Å²) in [6, 6.07) is 0. The highest BCUT2D eigenvalue weighted by molar-refractivity contribution is 5.66. The molecule has 3 aliphatic carbocycles. The third-order valence-corrected chi connectivity index (χ3v) is 9.75. The smallest absolute Gasteiger partial charge is 0.303 e. The maximum atomic E-state index is 11.1.